The number of carbonyl (C=O) groups excluding carboxylic acids is 1. The molecule has 0 saturated carbocycles. The second-order valence-corrected chi connectivity index (χ2v) is 3.37. The minimum Gasteiger partial charge on any atom is -0.465 e. The third-order valence-corrected chi connectivity index (χ3v) is 2.04. The average Bonchev–Trinajstić information content (AvgIpc) is 2.78. The number of furan rings is 1. The third kappa shape index (κ3) is 4.05. The Kier molecular flexibility index (Phi) is 4.94. The van der Waals surface area contributed by atoms with Gasteiger partial charge in [-0.2, -0.15) is 0 Å². The highest BCUT2D eigenvalue weighted by atomic mass is 16.3. The zero-order chi connectivity index (χ0) is 11.8. The number of rotatable bonds is 5. The van der Waals surface area contributed by atoms with E-state index in [1.807, 2.05) is 6.92 Å². The number of amides is 1. The zero-order valence-electron chi connectivity index (χ0n) is 9.27. The largest absolute Gasteiger partial charge is 0.465 e. The summed E-state index contributed by atoms with van der Waals surface area (Å²) in [4.78, 5) is 11.4. The summed E-state index contributed by atoms with van der Waals surface area (Å²) >= 11 is 0. The van der Waals surface area contributed by atoms with Gasteiger partial charge in [0.2, 0.25) is 5.91 Å². The van der Waals surface area contributed by atoms with E-state index < -0.39 is 0 Å². The minimum atomic E-state index is -0.201. The van der Waals surface area contributed by atoms with Gasteiger partial charge in [0.25, 0.3) is 0 Å². The van der Waals surface area contributed by atoms with E-state index in [0.717, 1.165) is 12.8 Å². The molecule has 0 radical (unpaired) electrons. The highest BCUT2D eigenvalue weighted by Crippen LogP contribution is 2.02. The van der Waals surface area contributed by atoms with Gasteiger partial charge < -0.3 is 9.73 Å². The Morgan fingerprint density at radius 1 is 1.75 bits per heavy atom. The van der Waals surface area contributed by atoms with Crippen molar-refractivity contribution in [1.82, 2.24) is 5.32 Å². The Balaban J connectivity index is 2.44. The fraction of sp³-hybridized carbons (Fsp3) is 0.308. The monoisotopic (exact) mass is 217 g/mol. The van der Waals surface area contributed by atoms with Crippen molar-refractivity contribution in [2.75, 3.05) is 0 Å². The predicted octanol–water partition coefficient (Wildman–Crippen LogP) is 2.21. The van der Waals surface area contributed by atoms with Crippen LogP contribution in [0.4, 0.5) is 0 Å². The van der Waals surface area contributed by atoms with Crippen LogP contribution in [0.3, 0.4) is 0 Å². The van der Waals surface area contributed by atoms with Crippen LogP contribution in [0, 0.1) is 12.3 Å². The van der Waals surface area contributed by atoms with Gasteiger partial charge in [-0.05, 0) is 24.6 Å². The second-order valence-electron chi connectivity index (χ2n) is 3.37. The van der Waals surface area contributed by atoms with Gasteiger partial charge in [-0.15, -0.1) is 6.42 Å². The van der Waals surface area contributed by atoms with Crippen LogP contribution in [0.5, 0.6) is 0 Å². The molecular weight excluding hydrogens is 202 g/mol. The average molecular weight is 217 g/mol. The Morgan fingerprint density at radius 2 is 2.56 bits per heavy atom. The standard InChI is InChI=1S/C13H15NO2/c1-3-6-11(4-2)14-13(15)9-8-12-7-5-10-16-12/h2,5,7-11H,3,6H2,1H3,(H,14,15)/b9-8+. The molecular formula is C13H15NO2. The van der Waals surface area contributed by atoms with Crippen LogP contribution in [0.25, 0.3) is 6.08 Å². The SMILES string of the molecule is C#CC(CCC)NC(=O)/C=C/c1ccco1. The zero-order valence-corrected chi connectivity index (χ0v) is 9.27. The molecule has 0 saturated heterocycles. The number of hydrogen-bond donors (Lipinski definition) is 1. The van der Waals surface area contributed by atoms with Crippen LogP contribution in [0.1, 0.15) is 25.5 Å². The lowest BCUT2D eigenvalue weighted by atomic mass is 10.2. The molecule has 16 heavy (non-hydrogen) atoms. The lowest BCUT2D eigenvalue weighted by Gasteiger charge is -2.09. The maximum absolute atomic E-state index is 11.4. The Morgan fingerprint density at radius 3 is 3.12 bits per heavy atom. The highest BCUT2D eigenvalue weighted by molar-refractivity contribution is 5.91. The van der Waals surface area contributed by atoms with Crippen LogP contribution in [-0.2, 0) is 4.79 Å². The summed E-state index contributed by atoms with van der Waals surface area (Å²) < 4.78 is 5.06. The van der Waals surface area contributed by atoms with Crippen molar-refractivity contribution in [2.45, 2.75) is 25.8 Å². The first kappa shape index (κ1) is 12.1. The molecule has 0 aliphatic carbocycles. The van der Waals surface area contributed by atoms with Crippen molar-refractivity contribution in [3.63, 3.8) is 0 Å². The molecule has 3 heteroatoms. The lowest BCUT2D eigenvalue weighted by molar-refractivity contribution is -0.116. The Labute approximate surface area is 95.5 Å². The molecule has 0 fully saturated rings. The molecule has 1 N–H and O–H groups in total. The van der Waals surface area contributed by atoms with E-state index in [9.17, 15) is 4.79 Å². The number of terminal acetylenes is 1. The molecule has 1 rings (SSSR count). The third-order valence-electron chi connectivity index (χ3n) is 2.04. The van der Waals surface area contributed by atoms with Crippen molar-refractivity contribution < 1.29 is 9.21 Å². The molecule has 3 nitrogen and oxygen atoms in total. The summed E-state index contributed by atoms with van der Waals surface area (Å²) in [6, 6.07) is 3.34. The van der Waals surface area contributed by atoms with E-state index in [-0.39, 0.29) is 11.9 Å². The first-order valence-electron chi connectivity index (χ1n) is 5.24. The molecule has 0 aliphatic heterocycles. The van der Waals surface area contributed by atoms with Crippen LogP contribution in [-0.4, -0.2) is 11.9 Å². The highest BCUT2D eigenvalue weighted by Gasteiger charge is 2.05. The smallest absolute Gasteiger partial charge is 0.245 e. The molecule has 1 atom stereocenters. The number of hydrogen-bond acceptors (Lipinski definition) is 2. The molecule has 1 aromatic rings. The molecule has 0 spiro atoms. The maximum Gasteiger partial charge on any atom is 0.245 e. The number of carbonyl (C=O) groups is 1. The quantitative estimate of drug-likeness (QED) is 0.607. The van der Waals surface area contributed by atoms with E-state index >= 15 is 0 Å². The summed E-state index contributed by atoms with van der Waals surface area (Å²) in [5.74, 6) is 2.98. The molecule has 84 valence electrons. The van der Waals surface area contributed by atoms with Gasteiger partial charge in [0.05, 0.1) is 12.3 Å². The predicted molar refractivity (Wildman–Crippen MR) is 63.4 cm³/mol. The number of nitrogens with one attached hydrogen (secondary N) is 1. The maximum atomic E-state index is 11.4. The van der Waals surface area contributed by atoms with Crippen LogP contribution < -0.4 is 5.32 Å². The van der Waals surface area contributed by atoms with E-state index in [1.165, 1.54) is 6.08 Å². The lowest BCUT2D eigenvalue weighted by Crippen LogP contribution is -2.32. The minimum absolute atomic E-state index is 0.196. The Bertz CT molecular complexity index is 385. The molecule has 0 bridgehead atoms. The first-order valence-corrected chi connectivity index (χ1v) is 5.24. The summed E-state index contributed by atoms with van der Waals surface area (Å²) in [5.41, 5.74) is 0. The van der Waals surface area contributed by atoms with Crippen molar-refractivity contribution in [2.24, 2.45) is 0 Å². The van der Waals surface area contributed by atoms with Crippen LogP contribution in [0.15, 0.2) is 28.9 Å². The molecule has 1 aromatic heterocycles. The fourth-order valence-corrected chi connectivity index (χ4v) is 1.25. The van der Waals surface area contributed by atoms with Crippen molar-refractivity contribution in [3.05, 3.63) is 30.2 Å². The van der Waals surface area contributed by atoms with E-state index in [1.54, 1.807) is 24.5 Å². The molecule has 1 heterocycles. The van der Waals surface area contributed by atoms with Gasteiger partial charge in [0.15, 0.2) is 0 Å². The van der Waals surface area contributed by atoms with E-state index in [0.29, 0.717) is 5.76 Å². The molecule has 0 aromatic carbocycles. The normalized spacial score (nSPS) is 12.2. The summed E-state index contributed by atoms with van der Waals surface area (Å²) in [6.07, 6.45) is 11.6. The summed E-state index contributed by atoms with van der Waals surface area (Å²) in [6.45, 7) is 2.02. The summed E-state index contributed by atoms with van der Waals surface area (Å²) in [5, 5.41) is 2.73. The van der Waals surface area contributed by atoms with Crippen LogP contribution >= 0.6 is 0 Å². The van der Waals surface area contributed by atoms with Crippen molar-refractivity contribution in [3.8, 4) is 12.3 Å². The van der Waals surface area contributed by atoms with Crippen LogP contribution in [0.2, 0.25) is 0 Å². The van der Waals surface area contributed by atoms with Crippen molar-refractivity contribution in [1.29, 1.82) is 0 Å². The second kappa shape index (κ2) is 6.52. The van der Waals surface area contributed by atoms with E-state index in [2.05, 4.69) is 11.2 Å². The Hall–Kier alpha value is -1.95. The van der Waals surface area contributed by atoms with E-state index in [4.69, 9.17) is 10.8 Å². The van der Waals surface area contributed by atoms with Gasteiger partial charge in [-0.1, -0.05) is 19.3 Å². The van der Waals surface area contributed by atoms with Gasteiger partial charge >= 0.3 is 0 Å². The molecule has 0 aliphatic rings. The van der Waals surface area contributed by atoms with Gasteiger partial charge in [-0.3, -0.25) is 4.79 Å². The summed E-state index contributed by atoms with van der Waals surface area (Å²) in [7, 11) is 0. The van der Waals surface area contributed by atoms with Crippen molar-refractivity contribution >= 4 is 12.0 Å². The van der Waals surface area contributed by atoms with Gasteiger partial charge in [0.1, 0.15) is 5.76 Å². The molecule has 1 amide bonds. The molecule has 1 unspecified atom stereocenters. The first-order chi connectivity index (χ1) is 7.76. The van der Waals surface area contributed by atoms with Gasteiger partial charge in [-0.25, -0.2) is 0 Å². The van der Waals surface area contributed by atoms with Gasteiger partial charge in [0, 0.05) is 6.08 Å². The topological polar surface area (TPSA) is 42.2 Å². The fourth-order valence-electron chi connectivity index (χ4n) is 1.25.